The molecule has 1 aromatic heterocycles. The first-order chi connectivity index (χ1) is 13.8. The van der Waals surface area contributed by atoms with Crippen LogP contribution in [-0.4, -0.2) is 38.2 Å². The van der Waals surface area contributed by atoms with E-state index in [1.807, 2.05) is 35.2 Å². The van der Waals surface area contributed by atoms with E-state index in [1.54, 1.807) is 18.2 Å². The number of hydrogen-bond donors (Lipinski definition) is 0. The van der Waals surface area contributed by atoms with Crippen LogP contribution in [0.15, 0.2) is 51.7 Å². The molecule has 0 radical (unpaired) electrons. The van der Waals surface area contributed by atoms with Gasteiger partial charge in [-0.15, -0.1) is 11.3 Å². The molecule has 0 fully saturated rings. The number of nitrogens with zero attached hydrogens (tertiary/aromatic N) is 3. The molecule has 0 spiro atoms. The quantitative estimate of drug-likeness (QED) is 0.607. The summed E-state index contributed by atoms with van der Waals surface area (Å²) in [5, 5.41) is 2.12. The molecule has 0 amide bonds. The molecule has 1 aliphatic rings. The van der Waals surface area contributed by atoms with Crippen molar-refractivity contribution in [2.75, 3.05) is 20.9 Å². The van der Waals surface area contributed by atoms with E-state index < -0.39 is 10.0 Å². The van der Waals surface area contributed by atoms with Crippen molar-refractivity contribution < 1.29 is 17.9 Å². The van der Waals surface area contributed by atoms with Gasteiger partial charge in [-0.2, -0.15) is 0 Å². The molecule has 0 unspecified atom stereocenters. The summed E-state index contributed by atoms with van der Waals surface area (Å²) in [4.78, 5) is 5.50. The fraction of sp³-hybridized carbons (Fsp3) is 0.211. The zero-order valence-corrected chi connectivity index (χ0v) is 18.3. The van der Waals surface area contributed by atoms with Gasteiger partial charge in [0.25, 0.3) is 0 Å². The van der Waals surface area contributed by atoms with Crippen LogP contribution in [0.4, 0.5) is 5.69 Å². The van der Waals surface area contributed by atoms with Crippen LogP contribution >= 0.6 is 22.9 Å². The van der Waals surface area contributed by atoms with Crippen LogP contribution in [0, 0.1) is 0 Å². The van der Waals surface area contributed by atoms with Crippen molar-refractivity contribution in [3.63, 3.8) is 0 Å². The fourth-order valence-corrected chi connectivity index (χ4v) is 5.17. The van der Waals surface area contributed by atoms with Crippen molar-refractivity contribution in [1.29, 1.82) is 0 Å². The number of hydrogen-bond acceptors (Lipinski definition) is 6. The predicted molar refractivity (Wildman–Crippen MR) is 112 cm³/mol. The minimum atomic E-state index is -3.65. The molecule has 3 aromatic rings. The van der Waals surface area contributed by atoms with E-state index in [4.69, 9.17) is 21.1 Å². The zero-order valence-electron chi connectivity index (χ0n) is 15.9. The maximum absolute atomic E-state index is 12.6. The normalized spacial score (nSPS) is 14.0. The van der Waals surface area contributed by atoms with Gasteiger partial charge in [-0.05, 0) is 24.3 Å². The van der Waals surface area contributed by atoms with Crippen molar-refractivity contribution in [2.45, 2.75) is 4.90 Å². The fourth-order valence-electron chi connectivity index (χ4n) is 2.85. The highest BCUT2D eigenvalue weighted by atomic mass is 35.5. The van der Waals surface area contributed by atoms with E-state index in [-0.39, 0.29) is 16.7 Å². The third kappa shape index (κ3) is 3.66. The SMILES string of the molecule is CN(C)S(=O)(=O)c1cc(-c2csc(=Nc3ccc4c(c3)OCO4)n2C)ccc1Cl. The number of benzene rings is 2. The molecule has 0 saturated carbocycles. The largest absolute Gasteiger partial charge is 0.454 e. The zero-order chi connectivity index (χ0) is 20.8. The molecule has 0 N–H and O–H groups in total. The average Bonchev–Trinajstić information content (AvgIpc) is 3.29. The Morgan fingerprint density at radius 3 is 2.66 bits per heavy atom. The first kappa shape index (κ1) is 20.0. The van der Waals surface area contributed by atoms with Crippen LogP contribution in [-0.2, 0) is 17.1 Å². The van der Waals surface area contributed by atoms with Gasteiger partial charge in [0, 0.05) is 38.2 Å². The van der Waals surface area contributed by atoms with Gasteiger partial charge in [0.15, 0.2) is 16.3 Å². The van der Waals surface area contributed by atoms with Gasteiger partial charge in [-0.25, -0.2) is 17.7 Å². The van der Waals surface area contributed by atoms with Crippen LogP contribution in [0.1, 0.15) is 0 Å². The van der Waals surface area contributed by atoms with Gasteiger partial charge >= 0.3 is 0 Å². The molecule has 0 atom stereocenters. The molecule has 152 valence electrons. The van der Waals surface area contributed by atoms with Gasteiger partial charge < -0.3 is 14.0 Å². The Bertz CT molecular complexity index is 1260. The highest BCUT2D eigenvalue weighted by Gasteiger charge is 2.22. The van der Waals surface area contributed by atoms with Crippen molar-refractivity contribution >= 4 is 38.6 Å². The standard InChI is InChI=1S/C19H18ClN3O4S2/c1-22(2)29(24,25)18-8-12(4-6-14(18)20)15-10-28-19(23(15)3)21-13-5-7-16-17(9-13)27-11-26-16/h4-10H,11H2,1-3H3. The molecular formula is C19H18ClN3O4S2. The van der Waals surface area contributed by atoms with Crippen LogP contribution < -0.4 is 14.3 Å². The molecule has 2 aromatic carbocycles. The minimum Gasteiger partial charge on any atom is -0.454 e. The third-order valence-corrected chi connectivity index (χ3v) is 7.70. The molecular weight excluding hydrogens is 434 g/mol. The number of fused-ring (bicyclic) bond motifs is 1. The Kier molecular flexibility index (Phi) is 5.16. The summed E-state index contributed by atoms with van der Waals surface area (Å²) in [5.41, 5.74) is 2.31. The van der Waals surface area contributed by atoms with E-state index in [2.05, 4.69) is 4.99 Å². The minimum absolute atomic E-state index is 0.0714. The number of rotatable bonds is 4. The van der Waals surface area contributed by atoms with E-state index >= 15 is 0 Å². The van der Waals surface area contributed by atoms with Crippen molar-refractivity contribution in [3.8, 4) is 22.8 Å². The van der Waals surface area contributed by atoms with Gasteiger partial charge in [-0.3, -0.25) is 0 Å². The van der Waals surface area contributed by atoms with Gasteiger partial charge in [-0.1, -0.05) is 17.7 Å². The average molecular weight is 452 g/mol. The summed E-state index contributed by atoms with van der Waals surface area (Å²) < 4.78 is 38.9. The van der Waals surface area contributed by atoms with E-state index in [0.717, 1.165) is 26.1 Å². The Labute approximate surface area is 177 Å². The first-order valence-electron chi connectivity index (χ1n) is 8.59. The van der Waals surface area contributed by atoms with Crippen LogP contribution in [0.5, 0.6) is 11.5 Å². The van der Waals surface area contributed by atoms with Gasteiger partial charge in [0.05, 0.1) is 16.4 Å². The lowest BCUT2D eigenvalue weighted by molar-refractivity contribution is 0.174. The number of sulfonamides is 1. The van der Waals surface area contributed by atoms with Gasteiger partial charge in [0.2, 0.25) is 16.8 Å². The van der Waals surface area contributed by atoms with Crippen LogP contribution in [0.3, 0.4) is 0 Å². The molecule has 1 aliphatic heterocycles. The summed E-state index contributed by atoms with van der Waals surface area (Å²) in [7, 11) is 1.18. The summed E-state index contributed by atoms with van der Waals surface area (Å²) in [6.07, 6.45) is 0. The summed E-state index contributed by atoms with van der Waals surface area (Å²) in [6.45, 7) is 0.213. The Morgan fingerprint density at radius 1 is 1.14 bits per heavy atom. The Hall–Kier alpha value is -2.33. The van der Waals surface area contributed by atoms with Crippen LogP contribution in [0.25, 0.3) is 11.3 Å². The smallest absolute Gasteiger partial charge is 0.244 e. The highest BCUT2D eigenvalue weighted by molar-refractivity contribution is 7.89. The molecule has 4 rings (SSSR count). The first-order valence-corrected chi connectivity index (χ1v) is 11.3. The van der Waals surface area contributed by atoms with Gasteiger partial charge in [0.1, 0.15) is 4.90 Å². The Balaban J connectivity index is 1.76. The van der Waals surface area contributed by atoms with E-state index in [9.17, 15) is 8.42 Å². The third-order valence-electron chi connectivity index (χ3n) is 4.49. The van der Waals surface area contributed by atoms with Crippen molar-refractivity contribution in [1.82, 2.24) is 8.87 Å². The highest BCUT2D eigenvalue weighted by Crippen LogP contribution is 2.35. The summed E-state index contributed by atoms with van der Waals surface area (Å²) >= 11 is 7.61. The molecule has 0 bridgehead atoms. The second-order valence-electron chi connectivity index (χ2n) is 6.54. The van der Waals surface area contributed by atoms with E-state index in [0.29, 0.717) is 11.5 Å². The summed E-state index contributed by atoms with van der Waals surface area (Å²) in [6, 6.07) is 10.5. The lowest BCUT2D eigenvalue weighted by Crippen LogP contribution is -2.22. The topological polar surface area (TPSA) is 73.1 Å². The predicted octanol–water partition coefficient (Wildman–Crippen LogP) is 3.62. The maximum Gasteiger partial charge on any atom is 0.244 e. The molecule has 0 aliphatic carbocycles. The molecule has 29 heavy (non-hydrogen) atoms. The molecule has 7 nitrogen and oxygen atoms in total. The molecule has 2 heterocycles. The maximum atomic E-state index is 12.6. The molecule has 10 heteroatoms. The van der Waals surface area contributed by atoms with Crippen molar-refractivity contribution in [3.05, 3.63) is 51.6 Å². The number of halogens is 1. The lowest BCUT2D eigenvalue weighted by atomic mass is 10.2. The van der Waals surface area contributed by atoms with E-state index in [1.165, 1.54) is 25.4 Å². The second-order valence-corrected chi connectivity index (χ2v) is 9.91. The monoisotopic (exact) mass is 451 g/mol. The Morgan fingerprint density at radius 2 is 1.90 bits per heavy atom. The molecule has 0 saturated heterocycles. The van der Waals surface area contributed by atoms with Crippen molar-refractivity contribution in [2.24, 2.45) is 12.0 Å². The lowest BCUT2D eigenvalue weighted by Gasteiger charge is -2.14. The number of ether oxygens (including phenoxy) is 2. The number of thiazole rings is 1. The van der Waals surface area contributed by atoms with Crippen LogP contribution in [0.2, 0.25) is 5.02 Å². The second kappa shape index (κ2) is 7.49. The summed E-state index contributed by atoms with van der Waals surface area (Å²) in [5.74, 6) is 1.37. The number of aromatic nitrogens is 1.